The predicted octanol–water partition coefficient (Wildman–Crippen LogP) is 2.53. The minimum Gasteiger partial charge on any atom is -0.480 e. The van der Waals surface area contributed by atoms with E-state index in [0.29, 0.717) is 11.3 Å². The molecular weight excluding hydrogens is 529 g/mol. The lowest BCUT2D eigenvalue weighted by Gasteiger charge is -2.28. The number of aliphatic carboxylic acids is 1. The summed E-state index contributed by atoms with van der Waals surface area (Å²) >= 11 is 0. The minimum atomic E-state index is -1.03. The van der Waals surface area contributed by atoms with Crippen LogP contribution in [0.3, 0.4) is 0 Å². The molecule has 0 radical (unpaired) electrons. The van der Waals surface area contributed by atoms with E-state index in [2.05, 4.69) is 32.7 Å². The van der Waals surface area contributed by atoms with Crippen molar-refractivity contribution in [1.82, 2.24) is 44.8 Å². The summed E-state index contributed by atoms with van der Waals surface area (Å²) in [6.07, 6.45) is 4.96. The van der Waals surface area contributed by atoms with Crippen molar-refractivity contribution >= 4 is 33.7 Å². The Hall–Kier alpha value is -4.65. The van der Waals surface area contributed by atoms with Gasteiger partial charge in [0.1, 0.15) is 24.6 Å². The number of benzene rings is 2. The molecule has 212 valence electrons. The molecule has 1 fully saturated rings. The van der Waals surface area contributed by atoms with Crippen molar-refractivity contribution in [2.45, 2.75) is 38.4 Å². The van der Waals surface area contributed by atoms with E-state index in [1.165, 1.54) is 16.9 Å². The Balaban J connectivity index is 1.35. The highest BCUT2D eigenvalue weighted by molar-refractivity contribution is 5.99. The second-order valence-electron chi connectivity index (χ2n) is 10.6. The highest BCUT2D eigenvalue weighted by atomic mass is 19.1. The minimum absolute atomic E-state index is 0.0426. The zero-order chi connectivity index (χ0) is 28.7. The maximum atomic E-state index is 15.5. The number of nitrogens with one attached hydrogen (secondary N) is 1. The van der Waals surface area contributed by atoms with Gasteiger partial charge in [0, 0.05) is 29.3 Å². The normalized spacial score (nSPS) is 14.7. The number of fused-ring (bicyclic) bond motifs is 2. The van der Waals surface area contributed by atoms with Crippen LogP contribution in [0.5, 0.6) is 0 Å². The molecule has 4 heterocycles. The molecule has 2 aromatic carbocycles. The van der Waals surface area contributed by atoms with Gasteiger partial charge in [0.25, 0.3) is 0 Å². The van der Waals surface area contributed by atoms with Crippen molar-refractivity contribution in [2.24, 2.45) is 7.05 Å². The average molecular weight is 560 g/mol. The lowest BCUT2D eigenvalue weighted by Crippen LogP contribution is -2.30. The molecule has 1 amide bonds. The van der Waals surface area contributed by atoms with Gasteiger partial charge in [-0.05, 0) is 56.7 Å². The Labute approximate surface area is 234 Å². The van der Waals surface area contributed by atoms with Gasteiger partial charge in [0.2, 0.25) is 5.91 Å². The summed E-state index contributed by atoms with van der Waals surface area (Å²) in [5.41, 5.74) is 4.10. The molecule has 1 aliphatic rings. The molecule has 41 heavy (non-hydrogen) atoms. The van der Waals surface area contributed by atoms with Crippen LogP contribution in [-0.4, -0.2) is 76.6 Å². The molecule has 0 aliphatic carbocycles. The second-order valence-corrected chi connectivity index (χ2v) is 10.6. The van der Waals surface area contributed by atoms with Crippen molar-refractivity contribution in [3.63, 3.8) is 0 Å². The summed E-state index contributed by atoms with van der Waals surface area (Å²) in [4.78, 5) is 26.2. The zero-order valence-electron chi connectivity index (χ0n) is 22.8. The third-order valence-corrected chi connectivity index (χ3v) is 7.68. The number of carboxylic acid groups (broad SMARTS) is 1. The Morgan fingerprint density at radius 3 is 2.68 bits per heavy atom. The van der Waals surface area contributed by atoms with Gasteiger partial charge in [0.05, 0.1) is 35.7 Å². The molecule has 0 spiro atoms. The SMILES string of the molecule is CN1CCC(c2nn(CC(=O)NCc3cn(CC(=O)O)nn3)c3cccc(-c4cc5c(cnn5C)cc4F)c23)CC1. The summed E-state index contributed by atoms with van der Waals surface area (Å²) in [7, 11) is 3.93. The van der Waals surface area contributed by atoms with Crippen molar-refractivity contribution < 1.29 is 19.1 Å². The number of carbonyl (C=O) groups excluding carboxylic acids is 1. The Bertz CT molecular complexity index is 1760. The first kappa shape index (κ1) is 26.6. The predicted molar refractivity (Wildman–Crippen MR) is 148 cm³/mol. The van der Waals surface area contributed by atoms with E-state index < -0.39 is 5.97 Å². The van der Waals surface area contributed by atoms with Crippen molar-refractivity contribution in [3.8, 4) is 11.1 Å². The molecule has 0 bridgehead atoms. The number of aryl methyl sites for hydroxylation is 1. The third kappa shape index (κ3) is 5.27. The molecule has 6 rings (SSSR count). The monoisotopic (exact) mass is 559 g/mol. The summed E-state index contributed by atoms with van der Waals surface area (Å²) in [6, 6.07) is 9.02. The summed E-state index contributed by atoms with van der Waals surface area (Å²) in [5, 5.41) is 30.2. The number of piperidine rings is 1. The number of likely N-dealkylation sites (tertiary alicyclic amines) is 1. The number of hydrogen-bond acceptors (Lipinski definition) is 7. The number of halogens is 1. The first-order valence-electron chi connectivity index (χ1n) is 13.4. The van der Waals surface area contributed by atoms with Crippen molar-refractivity contribution in [2.75, 3.05) is 20.1 Å². The molecule has 1 saturated heterocycles. The van der Waals surface area contributed by atoms with E-state index in [1.807, 2.05) is 31.3 Å². The van der Waals surface area contributed by atoms with E-state index in [-0.39, 0.29) is 37.3 Å². The molecule has 13 heteroatoms. The molecule has 5 aromatic rings. The van der Waals surface area contributed by atoms with Crippen LogP contribution in [0.1, 0.15) is 30.1 Å². The second kappa shape index (κ2) is 10.7. The van der Waals surface area contributed by atoms with E-state index in [0.717, 1.165) is 59.0 Å². The molecule has 0 atom stereocenters. The molecule has 2 N–H and O–H groups in total. The highest BCUT2D eigenvalue weighted by Gasteiger charge is 2.27. The van der Waals surface area contributed by atoms with Crippen LogP contribution in [0, 0.1) is 5.82 Å². The van der Waals surface area contributed by atoms with Crippen molar-refractivity contribution in [1.29, 1.82) is 0 Å². The van der Waals surface area contributed by atoms with Crippen LogP contribution < -0.4 is 5.32 Å². The van der Waals surface area contributed by atoms with E-state index in [4.69, 9.17) is 10.2 Å². The van der Waals surface area contributed by atoms with E-state index in [9.17, 15) is 9.59 Å². The van der Waals surface area contributed by atoms with Crippen LogP contribution in [0.2, 0.25) is 0 Å². The van der Waals surface area contributed by atoms with Gasteiger partial charge in [-0.1, -0.05) is 17.3 Å². The van der Waals surface area contributed by atoms with Gasteiger partial charge in [-0.3, -0.25) is 19.0 Å². The Morgan fingerprint density at radius 2 is 1.90 bits per heavy atom. The number of amides is 1. The molecule has 12 nitrogen and oxygen atoms in total. The lowest BCUT2D eigenvalue weighted by molar-refractivity contribution is -0.138. The van der Waals surface area contributed by atoms with Gasteiger partial charge in [-0.2, -0.15) is 10.2 Å². The molecular formula is C28H30FN9O3. The fraction of sp³-hybridized carbons (Fsp3) is 0.357. The Kier molecular flexibility index (Phi) is 6.95. The lowest BCUT2D eigenvalue weighted by atomic mass is 9.89. The quantitative estimate of drug-likeness (QED) is 0.296. The third-order valence-electron chi connectivity index (χ3n) is 7.68. The number of hydrogen-bond donors (Lipinski definition) is 2. The molecule has 3 aromatic heterocycles. The van der Waals surface area contributed by atoms with Crippen LogP contribution in [0.4, 0.5) is 4.39 Å². The number of carbonyl (C=O) groups is 2. The average Bonchev–Trinajstić information content (AvgIpc) is 3.65. The topological polar surface area (TPSA) is 136 Å². The largest absolute Gasteiger partial charge is 0.480 e. The smallest absolute Gasteiger partial charge is 0.325 e. The first-order chi connectivity index (χ1) is 19.8. The number of aromatic nitrogens is 7. The van der Waals surface area contributed by atoms with Crippen LogP contribution in [0.15, 0.2) is 42.7 Å². The van der Waals surface area contributed by atoms with Crippen molar-refractivity contribution in [3.05, 3.63) is 59.9 Å². The fourth-order valence-electron chi connectivity index (χ4n) is 5.57. The van der Waals surface area contributed by atoms with Gasteiger partial charge in [-0.15, -0.1) is 5.10 Å². The van der Waals surface area contributed by atoms with Crippen LogP contribution in [-0.2, 0) is 36.3 Å². The number of carboxylic acids is 1. The molecule has 1 aliphatic heterocycles. The van der Waals surface area contributed by atoms with Crippen LogP contribution in [0.25, 0.3) is 32.9 Å². The van der Waals surface area contributed by atoms with Crippen LogP contribution >= 0.6 is 0 Å². The fourth-order valence-corrected chi connectivity index (χ4v) is 5.57. The number of nitrogens with zero attached hydrogens (tertiary/aromatic N) is 8. The molecule has 0 unspecified atom stereocenters. The molecule has 0 saturated carbocycles. The summed E-state index contributed by atoms with van der Waals surface area (Å²) in [5.74, 6) is -1.48. The highest BCUT2D eigenvalue weighted by Crippen LogP contribution is 2.39. The van der Waals surface area contributed by atoms with E-state index >= 15 is 4.39 Å². The van der Waals surface area contributed by atoms with Gasteiger partial charge in [0.15, 0.2) is 0 Å². The zero-order valence-corrected chi connectivity index (χ0v) is 22.8. The number of rotatable bonds is 8. The van der Waals surface area contributed by atoms with E-state index in [1.54, 1.807) is 15.6 Å². The maximum absolute atomic E-state index is 15.5. The van der Waals surface area contributed by atoms with Gasteiger partial charge < -0.3 is 15.3 Å². The first-order valence-corrected chi connectivity index (χ1v) is 13.4. The van der Waals surface area contributed by atoms with Gasteiger partial charge >= 0.3 is 5.97 Å². The Morgan fingerprint density at radius 1 is 1.10 bits per heavy atom. The van der Waals surface area contributed by atoms with Gasteiger partial charge in [-0.25, -0.2) is 9.07 Å². The standard InChI is InChI=1S/C28H30FN9O3/c1-35-8-6-17(7-9-35)28-27-20(21-11-24-18(10-22(21)29)12-31-36(24)2)4-3-5-23(27)38(33-28)15-25(39)30-13-19-14-37(34-32-19)16-26(40)41/h3-5,10-12,14,17H,6-9,13,15-16H2,1-2H3,(H,30,39)(H,40,41). The summed E-state index contributed by atoms with van der Waals surface area (Å²) < 4.78 is 20.1. The maximum Gasteiger partial charge on any atom is 0.325 e. The summed E-state index contributed by atoms with van der Waals surface area (Å²) in [6.45, 7) is 1.61.